The Morgan fingerprint density at radius 1 is 1.13 bits per heavy atom. The first-order chi connectivity index (χ1) is 17.6. The molecule has 0 spiro atoms. The van der Waals surface area contributed by atoms with Crippen LogP contribution in [0.3, 0.4) is 0 Å². The second-order valence-corrected chi connectivity index (χ2v) is 9.78. The molecule has 2 unspecified atom stereocenters. The summed E-state index contributed by atoms with van der Waals surface area (Å²) >= 11 is 5.74. The van der Waals surface area contributed by atoms with Crippen LogP contribution in [0.15, 0.2) is 18.2 Å². The fourth-order valence-corrected chi connectivity index (χ4v) is 5.15. The second-order valence-electron chi connectivity index (χ2n) is 9.34. The van der Waals surface area contributed by atoms with Crippen LogP contribution >= 0.6 is 11.6 Å². The van der Waals surface area contributed by atoms with Crippen LogP contribution in [0.1, 0.15) is 41.8 Å². The van der Waals surface area contributed by atoms with E-state index in [0.29, 0.717) is 0 Å². The number of piperidine rings is 1. The molecule has 0 aliphatic carbocycles. The zero-order chi connectivity index (χ0) is 28.0. The van der Waals surface area contributed by atoms with Crippen LogP contribution in [0, 0.1) is 11.7 Å². The number of amides is 2. The minimum atomic E-state index is -4.85. The van der Waals surface area contributed by atoms with E-state index < -0.39 is 60.8 Å². The minimum absolute atomic E-state index is 0.00259. The molecule has 1 aromatic carbocycles. The average molecular weight is 570 g/mol. The van der Waals surface area contributed by atoms with Gasteiger partial charge in [0.2, 0.25) is 5.91 Å². The first kappa shape index (κ1) is 28.0. The molecule has 1 aromatic heterocycles. The Balaban J connectivity index is 1.53. The van der Waals surface area contributed by atoms with E-state index in [2.05, 4.69) is 5.10 Å². The van der Waals surface area contributed by atoms with E-state index in [1.165, 1.54) is 17.0 Å². The van der Waals surface area contributed by atoms with Gasteiger partial charge in [-0.3, -0.25) is 9.48 Å². The number of carboxylic acid groups (broad SMARTS) is 1. The van der Waals surface area contributed by atoms with Gasteiger partial charge in [-0.25, -0.2) is 4.39 Å². The van der Waals surface area contributed by atoms with E-state index in [1.54, 1.807) is 0 Å². The molecule has 2 amide bonds. The predicted molar refractivity (Wildman–Crippen MR) is 116 cm³/mol. The van der Waals surface area contributed by atoms with Gasteiger partial charge in [-0.05, 0) is 37.3 Å². The Morgan fingerprint density at radius 2 is 1.84 bits per heavy atom. The highest BCUT2D eigenvalue weighted by Gasteiger charge is 2.47. The van der Waals surface area contributed by atoms with Gasteiger partial charge in [0.05, 0.1) is 18.8 Å². The van der Waals surface area contributed by atoms with E-state index in [1.807, 2.05) is 0 Å². The van der Waals surface area contributed by atoms with Crippen LogP contribution in [-0.2, 0) is 30.5 Å². The summed E-state index contributed by atoms with van der Waals surface area (Å²) in [5, 5.41) is 14.9. The average Bonchev–Trinajstić information content (AvgIpc) is 3.18. The van der Waals surface area contributed by atoms with Crippen molar-refractivity contribution in [1.82, 2.24) is 19.6 Å². The number of aromatic nitrogens is 2. The number of hydrogen-bond acceptors (Lipinski definition) is 4. The van der Waals surface area contributed by atoms with Crippen molar-refractivity contribution < 1.29 is 45.4 Å². The molecule has 1 fully saturated rings. The normalized spacial score (nSPS) is 20.4. The standard InChI is InChI=1S/C23H22ClF7N4O3/c24-14-2-1-13(16(25)9-14)10-35-17-11-33(5-4-15(17)20(32-35)23(29,30)31)19(36)8-12-3-6-34(21(37)38)18(7-12)22(26,27)28/h1-2,9,12,18H,3-8,10-11H2,(H,37,38)/p-1. The third-order valence-corrected chi connectivity index (χ3v) is 7.12. The Hall–Kier alpha value is -3.03. The fraction of sp³-hybridized carbons (Fsp3) is 0.522. The molecule has 2 aliphatic rings. The van der Waals surface area contributed by atoms with Crippen molar-refractivity contribution in [3.8, 4) is 0 Å². The number of carbonyl (C=O) groups is 2. The summed E-state index contributed by atoms with van der Waals surface area (Å²) in [5.41, 5.74) is -1.20. The smallest absolute Gasteiger partial charge is 0.435 e. The molecule has 7 nitrogen and oxygen atoms in total. The second kappa shape index (κ2) is 10.3. The summed E-state index contributed by atoms with van der Waals surface area (Å²) in [4.78, 5) is 25.5. The van der Waals surface area contributed by atoms with E-state index in [9.17, 15) is 45.4 Å². The number of nitrogens with zero attached hydrogens (tertiary/aromatic N) is 4. The lowest BCUT2D eigenvalue weighted by Crippen LogP contribution is -2.57. The van der Waals surface area contributed by atoms with Crippen molar-refractivity contribution in [3.63, 3.8) is 0 Å². The van der Waals surface area contributed by atoms with Crippen molar-refractivity contribution >= 4 is 23.6 Å². The Kier molecular flexibility index (Phi) is 7.56. The maximum absolute atomic E-state index is 14.3. The van der Waals surface area contributed by atoms with Crippen LogP contribution in [-0.4, -0.2) is 56.9 Å². The zero-order valence-electron chi connectivity index (χ0n) is 19.6. The quantitative estimate of drug-likeness (QED) is 0.521. The molecule has 0 N–H and O–H groups in total. The van der Waals surface area contributed by atoms with Crippen molar-refractivity contribution in [2.45, 2.75) is 57.2 Å². The summed E-state index contributed by atoms with van der Waals surface area (Å²) in [5.74, 6) is -2.12. The Morgan fingerprint density at radius 3 is 2.45 bits per heavy atom. The molecule has 0 saturated carbocycles. The van der Waals surface area contributed by atoms with Gasteiger partial charge in [0, 0.05) is 35.7 Å². The monoisotopic (exact) mass is 569 g/mol. The van der Waals surface area contributed by atoms with Gasteiger partial charge in [0.15, 0.2) is 5.69 Å². The summed E-state index contributed by atoms with van der Waals surface area (Å²) in [6.07, 6.45) is -12.8. The summed E-state index contributed by atoms with van der Waals surface area (Å²) < 4.78 is 96.4. The Labute approximate surface area is 216 Å². The lowest BCUT2D eigenvalue weighted by Gasteiger charge is -2.42. The van der Waals surface area contributed by atoms with Crippen LogP contribution in [0.4, 0.5) is 35.5 Å². The van der Waals surface area contributed by atoms with E-state index in [-0.39, 0.29) is 65.6 Å². The molecular weight excluding hydrogens is 549 g/mol. The lowest BCUT2D eigenvalue weighted by atomic mass is 9.87. The highest BCUT2D eigenvalue weighted by Crippen LogP contribution is 2.38. The third kappa shape index (κ3) is 5.84. The molecule has 0 radical (unpaired) electrons. The van der Waals surface area contributed by atoms with Crippen LogP contribution < -0.4 is 5.11 Å². The van der Waals surface area contributed by atoms with Crippen LogP contribution in [0.5, 0.6) is 0 Å². The SMILES string of the molecule is O=C(CC1CCN(C(=O)[O-])C(C(F)(F)F)C1)N1CCc2c(C(F)(F)F)nn(Cc3ccc(Cl)cc3F)c2C1. The summed E-state index contributed by atoms with van der Waals surface area (Å²) in [7, 11) is 0. The first-order valence-electron chi connectivity index (χ1n) is 11.6. The molecule has 15 heteroatoms. The molecular formula is C23H21ClF7N4O3-. The molecule has 2 aromatic rings. The highest BCUT2D eigenvalue weighted by molar-refractivity contribution is 6.30. The lowest BCUT2D eigenvalue weighted by molar-refractivity contribution is -0.283. The van der Waals surface area contributed by atoms with Gasteiger partial charge in [0.25, 0.3) is 0 Å². The third-order valence-electron chi connectivity index (χ3n) is 6.88. The predicted octanol–water partition coefficient (Wildman–Crippen LogP) is 4.00. The number of halogens is 8. The number of benzene rings is 1. The highest BCUT2D eigenvalue weighted by atomic mass is 35.5. The molecule has 3 heterocycles. The van der Waals surface area contributed by atoms with Gasteiger partial charge in [-0.1, -0.05) is 17.7 Å². The van der Waals surface area contributed by atoms with Gasteiger partial charge >= 0.3 is 12.4 Å². The first-order valence-corrected chi connectivity index (χ1v) is 11.9. The Bertz CT molecular complexity index is 1230. The largest absolute Gasteiger partial charge is 0.530 e. The molecule has 2 aliphatic heterocycles. The summed E-state index contributed by atoms with van der Waals surface area (Å²) in [6, 6.07) is 1.38. The molecule has 0 bridgehead atoms. The van der Waals surface area contributed by atoms with E-state index in [0.717, 1.165) is 10.7 Å². The number of carbonyl (C=O) groups excluding carboxylic acids is 2. The minimum Gasteiger partial charge on any atom is -0.530 e. The van der Waals surface area contributed by atoms with Crippen molar-refractivity contribution in [2.75, 3.05) is 13.1 Å². The zero-order valence-corrected chi connectivity index (χ0v) is 20.3. The number of likely N-dealkylation sites (tertiary alicyclic amines) is 1. The van der Waals surface area contributed by atoms with Crippen molar-refractivity contribution in [1.29, 1.82) is 0 Å². The number of rotatable bonds is 4. The fourth-order valence-electron chi connectivity index (χ4n) is 4.99. The van der Waals surface area contributed by atoms with Gasteiger partial charge in [-0.15, -0.1) is 0 Å². The molecule has 1 saturated heterocycles. The maximum atomic E-state index is 14.3. The molecule has 2 atom stereocenters. The van der Waals surface area contributed by atoms with Crippen molar-refractivity contribution in [3.05, 3.63) is 51.6 Å². The van der Waals surface area contributed by atoms with Gasteiger partial charge < -0.3 is 19.7 Å². The van der Waals surface area contributed by atoms with E-state index >= 15 is 0 Å². The number of hydrogen-bond donors (Lipinski definition) is 0. The van der Waals surface area contributed by atoms with Crippen LogP contribution in [0.2, 0.25) is 5.02 Å². The topological polar surface area (TPSA) is 81.5 Å². The molecule has 208 valence electrons. The van der Waals surface area contributed by atoms with Gasteiger partial charge in [0.1, 0.15) is 18.0 Å². The molecule has 38 heavy (non-hydrogen) atoms. The van der Waals surface area contributed by atoms with Gasteiger partial charge in [-0.2, -0.15) is 31.4 Å². The maximum Gasteiger partial charge on any atom is 0.435 e. The number of alkyl halides is 6. The summed E-state index contributed by atoms with van der Waals surface area (Å²) in [6.45, 7) is -1.23. The number of fused-ring (bicyclic) bond motifs is 1. The molecule has 4 rings (SSSR count). The van der Waals surface area contributed by atoms with E-state index in [4.69, 9.17) is 11.6 Å². The van der Waals surface area contributed by atoms with Crippen molar-refractivity contribution in [2.24, 2.45) is 5.92 Å². The van der Waals surface area contributed by atoms with Crippen LogP contribution in [0.25, 0.3) is 0 Å².